The summed E-state index contributed by atoms with van der Waals surface area (Å²) in [6, 6.07) is 6.67. The number of amides is 1. The monoisotopic (exact) mass is 412 g/mol. The van der Waals surface area contributed by atoms with E-state index >= 15 is 0 Å². The standard InChI is InChI=1S/C24H32N2O4/c1-8-30-24(29)21-16(5)20(17(6)25-21)22(27)18(7)26(13-14(2)3)23(28)19-11-9-15(4)10-12-19/h9-12,14,18,25H,8,13H2,1-7H3/t18-/m0/s1. The van der Waals surface area contributed by atoms with E-state index in [4.69, 9.17) is 4.74 Å². The number of ether oxygens (including phenoxy) is 1. The lowest BCUT2D eigenvalue weighted by atomic mass is 9.98. The zero-order chi connectivity index (χ0) is 22.6. The maximum atomic E-state index is 13.4. The van der Waals surface area contributed by atoms with Crippen molar-refractivity contribution in [2.75, 3.05) is 13.2 Å². The number of nitrogens with one attached hydrogen (secondary N) is 1. The Balaban J connectivity index is 2.39. The minimum atomic E-state index is -0.676. The van der Waals surface area contributed by atoms with Gasteiger partial charge in [0.2, 0.25) is 0 Å². The van der Waals surface area contributed by atoms with E-state index in [1.165, 1.54) is 0 Å². The molecule has 6 heteroatoms. The van der Waals surface area contributed by atoms with E-state index in [-0.39, 0.29) is 29.9 Å². The van der Waals surface area contributed by atoms with E-state index < -0.39 is 12.0 Å². The number of rotatable bonds is 8. The molecule has 0 unspecified atom stereocenters. The molecule has 0 radical (unpaired) electrons. The van der Waals surface area contributed by atoms with Gasteiger partial charge in [0, 0.05) is 23.4 Å². The Morgan fingerprint density at radius 3 is 2.17 bits per heavy atom. The van der Waals surface area contributed by atoms with Gasteiger partial charge in [-0.2, -0.15) is 0 Å². The molecule has 0 saturated heterocycles. The molecule has 6 nitrogen and oxygen atoms in total. The van der Waals surface area contributed by atoms with Gasteiger partial charge in [-0.3, -0.25) is 9.59 Å². The number of carbonyl (C=O) groups is 3. The SMILES string of the molecule is CCOC(=O)c1[nH]c(C)c(C(=O)[C@H](C)N(CC(C)C)C(=O)c2ccc(C)cc2)c1C. The molecule has 30 heavy (non-hydrogen) atoms. The highest BCUT2D eigenvalue weighted by Crippen LogP contribution is 2.23. The van der Waals surface area contributed by atoms with Crippen LogP contribution >= 0.6 is 0 Å². The van der Waals surface area contributed by atoms with Crippen molar-refractivity contribution in [2.45, 2.75) is 54.5 Å². The minimum absolute atomic E-state index is 0.180. The highest BCUT2D eigenvalue weighted by molar-refractivity contribution is 6.07. The van der Waals surface area contributed by atoms with Gasteiger partial charge < -0.3 is 14.6 Å². The van der Waals surface area contributed by atoms with Gasteiger partial charge in [-0.25, -0.2) is 4.79 Å². The molecule has 162 valence electrons. The third-order valence-electron chi connectivity index (χ3n) is 5.13. The quantitative estimate of drug-likeness (QED) is 0.512. The number of H-pyrrole nitrogens is 1. The van der Waals surface area contributed by atoms with Crippen LogP contribution in [0.1, 0.15) is 75.7 Å². The van der Waals surface area contributed by atoms with Crippen LogP contribution in [0.5, 0.6) is 0 Å². The summed E-state index contributed by atoms with van der Waals surface area (Å²) in [6.07, 6.45) is 0. The number of Topliss-reactive ketones (excluding diaryl/α,β-unsaturated/α-hetero) is 1. The Bertz CT molecular complexity index is 925. The molecular formula is C24H32N2O4. The van der Waals surface area contributed by atoms with E-state index in [2.05, 4.69) is 4.98 Å². The predicted molar refractivity (Wildman–Crippen MR) is 117 cm³/mol. The molecule has 1 heterocycles. The summed E-state index contributed by atoms with van der Waals surface area (Å²) < 4.78 is 5.08. The third-order valence-corrected chi connectivity index (χ3v) is 5.13. The van der Waals surface area contributed by atoms with Crippen LogP contribution in [-0.4, -0.2) is 46.7 Å². The number of carbonyl (C=O) groups excluding carboxylic acids is 3. The minimum Gasteiger partial charge on any atom is -0.461 e. The normalized spacial score (nSPS) is 12.0. The van der Waals surface area contributed by atoms with Crippen LogP contribution in [0, 0.1) is 26.7 Å². The Morgan fingerprint density at radius 1 is 1.03 bits per heavy atom. The molecule has 1 amide bonds. The number of aromatic amines is 1. The van der Waals surface area contributed by atoms with Crippen LogP contribution in [0.15, 0.2) is 24.3 Å². The highest BCUT2D eigenvalue weighted by atomic mass is 16.5. The molecule has 0 fully saturated rings. The third kappa shape index (κ3) is 4.99. The van der Waals surface area contributed by atoms with Gasteiger partial charge >= 0.3 is 5.97 Å². The topological polar surface area (TPSA) is 79.5 Å². The first-order valence-corrected chi connectivity index (χ1v) is 10.4. The molecule has 0 aliphatic heterocycles. The molecule has 2 rings (SSSR count). The van der Waals surface area contributed by atoms with Gasteiger partial charge in [-0.1, -0.05) is 31.5 Å². The molecule has 1 atom stereocenters. The maximum Gasteiger partial charge on any atom is 0.355 e. The van der Waals surface area contributed by atoms with E-state index in [9.17, 15) is 14.4 Å². The molecule has 0 spiro atoms. The molecule has 2 aromatic rings. The van der Waals surface area contributed by atoms with Gasteiger partial charge in [0.25, 0.3) is 5.91 Å². The number of nitrogens with zero attached hydrogens (tertiary/aromatic N) is 1. The molecule has 0 saturated carbocycles. The number of ketones is 1. The van der Waals surface area contributed by atoms with Gasteiger partial charge in [0.05, 0.1) is 12.6 Å². The summed E-state index contributed by atoms with van der Waals surface area (Å²) in [5.41, 5.74) is 3.49. The lowest BCUT2D eigenvalue weighted by Crippen LogP contribution is -2.45. The molecule has 0 bridgehead atoms. The zero-order valence-electron chi connectivity index (χ0n) is 19.0. The Labute approximate surface area is 178 Å². The molecule has 0 aliphatic rings. The van der Waals surface area contributed by atoms with Crippen LogP contribution in [0.25, 0.3) is 0 Å². The second-order valence-electron chi connectivity index (χ2n) is 8.10. The Morgan fingerprint density at radius 2 is 1.63 bits per heavy atom. The largest absolute Gasteiger partial charge is 0.461 e. The summed E-state index contributed by atoms with van der Waals surface area (Å²) >= 11 is 0. The van der Waals surface area contributed by atoms with Crippen molar-refractivity contribution in [3.63, 3.8) is 0 Å². The number of hydrogen-bond acceptors (Lipinski definition) is 4. The van der Waals surface area contributed by atoms with Crippen LogP contribution in [-0.2, 0) is 4.74 Å². The first-order chi connectivity index (χ1) is 14.1. The number of esters is 1. The summed E-state index contributed by atoms with van der Waals surface area (Å²) in [4.78, 5) is 43.5. The number of benzene rings is 1. The summed E-state index contributed by atoms with van der Waals surface area (Å²) in [6.45, 7) is 13.6. The molecule has 1 N–H and O–H groups in total. The second-order valence-corrected chi connectivity index (χ2v) is 8.10. The van der Waals surface area contributed by atoms with E-state index in [0.29, 0.717) is 28.9 Å². The fraction of sp³-hybridized carbons (Fsp3) is 0.458. The summed E-state index contributed by atoms with van der Waals surface area (Å²) in [5, 5.41) is 0. The van der Waals surface area contributed by atoms with Crippen molar-refractivity contribution < 1.29 is 19.1 Å². The lowest BCUT2D eigenvalue weighted by molar-refractivity contribution is 0.0518. The Hall–Kier alpha value is -2.89. The smallest absolute Gasteiger partial charge is 0.355 e. The van der Waals surface area contributed by atoms with Gasteiger partial charge in [-0.05, 0) is 58.2 Å². The van der Waals surface area contributed by atoms with Crippen molar-refractivity contribution >= 4 is 17.7 Å². The first-order valence-electron chi connectivity index (χ1n) is 10.4. The number of aromatic nitrogens is 1. The number of hydrogen-bond donors (Lipinski definition) is 1. The summed E-state index contributed by atoms with van der Waals surface area (Å²) in [7, 11) is 0. The van der Waals surface area contributed by atoms with Crippen molar-refractivity contribution in [1.29, 1.82) is 0 Å². The average molecular weight is 413 g/mol. The predicted octanol–water partition coefficient (Wildman–Crippen LogP) is 4.49. The van der Waals surface area contributed by atoms with E-state index in [1.807, 2.05) is 32.9 Å². The molecule has 0 aliphatic carbocycles. The fourth-order valence-corrected chi connectivity index (χ4v) is 3.55. The van der Waals surface area contributed by atoms with Crippen LogP contribution in [0.3, 0.4) is 0 Å². The Kier molecular flexibility index (Phi) is 7.59. The first kappa shape index (κ1) is 23.4. The molecular weight excluding hydrogens is 380 g/mol. The van der Waals surface area contributed by atoms with Gasteiger partial charge in [-0.15, -0.1) is 0 Å². The molecule has 1 aromatic carbocycles. The second kappa shape index (κ2) is 9.74. The van der Waals surface area contributed by atoms with E-state index in [0.717, 1.165) is 5.56 Å². The van der Waals surface area contributed by atoms with Crippen LogP contribution in [0.2, 0.25) is 0 Å². The van der Waals surface area contributed by atoms with Gasteiger partial charge in [0.1, 0.15) is 5.69 Å². The van der Waals surface area contributed by atoms with Gasteiger partial charge in [0.15, 0.2) is 5.78 Å². The lowest BCUT2D eigenvalue weighted by Gasteiger charge is -2.30. The van der Waals surface area contributed by atoms with Crippen molar-refractivity contribution in [3.8, 4) is 0 Å². The van der Waals surface area contributed by atoms with Crippen molar-refractivity contribution in [1.82, 2.24) is 9.88 Å². The van der Waals surface area contributed by atoms with E-state index in [1.54, 1.807) is 44.7 Å². The van der Waals surface area contributed by atoms with Crippen molar-refractivity contribution in [3.05, 3.63) is 57.9 Å². The average Bonchev–Trinajstić information content (AvgIpc) is 2.99. The molecule has 1 aromatic heterocycles. The number of aryl methyl sites for hydroxylation is 2. The highest BCUT2D eigenvalue weighted by Gasteiger charge is 2.32. The fourth-order valence-electron chi connectivity index (χ4n) is 3.55. The van der Waals surface area contributed by atoms with Crippen LogP contribution in [0.4, 0.5) is 0 Å². The zero-order valence-corrected chi connectivity index (χ0v) is 19.0. The summed E-state index contributed by atoms with van der Waals surface area (Å²) in [5.74, 6) is -0.670. The maximum absolute atomic E-state index is 13.4. The van der Waals surface area contributed by atoms with Crippen molar-refractivity contribution in [2.24, 2.45) is 5.92 Å². The van der Waals surface area contributed by atoms with Crippen LogP contribution < -0.4 is 0 Å².